The zero-order valence-corrected chi connectivity index (χ0v) is 16.7. The topological polar surface area (TPSA) is 75.7 Å². The highest BCUT2D eigenvalue weighted by atomic mass is 16.5. The molecule has 2 aliphatic rings. The lowest BCUT2D eigenvalue weighted by Gasteiger charge is -2.23. The van der Waals surface area contributed by atoms with Crippen molar-refractivity contribution in [3.63, 3.8) is 0 Å². The van der Waals surface area contributed by atoms with E-state index in [9.17, 15) is 14.4 Å². The maximum absolute atomic E-state index is 13.1. The van der Waals surface area contributed by atoms with Crippen LogP contribution in [0.15, 0.2) is 42.5 Å². The summed E-state index contributed by atoms with van der Waals surface area (Å²) in [6, 6.07) is 12.1. The fraction of sp³-hybridized carbons (Fsp3) is 0.348. The van der Waals surface area contributed by atoms with Crippen LogP contribution in [0.3, 0.4) is 0 Å². The molecule has 0 radical (unpaired) electrons. The van der Waals surface area contributed by atoms with E-state index in [0.717, 1.165) is 29.7 Å². The van der Waals surface area contributed by atoms with Crippen LogP contribution in [0.4, 0.5) is 4.79 Å². The number of carbonyl (C=O) groups is 3. The Labute approximate surface area is 169 Å². The van der Waals surface area contributed by atoms with Gasteiger partial charge < -0.3 is 10.1 Å². The third-order valence-corrected chi connectivity index (χ3v) is 5.74. The number of amides is 3. The van der Waals surface area contributed by atoms with Gasteiger partial charge in [0, 0.05) is 5.56 Å². The van der Waals surface area contributed by atoms with E-state index in [1.807, 2.05) is 25.1 Å². The number of urea groups is 1. The molecule has 6 heteroatoms. The fourth-order valence-corrected chi connectivity index (χ4v) is 4.06. The molecule has 1 aliphatic carbocycles. The predicted octanol–water partition coefficient (Wildman–Crippen LogP) is 3.22. The van der Waals surface area contributed by atoms with Crippen molar-refractivity contribution in [1.29, 1.82) is 0 Å². The maximum atomic E-state index is 13.1. The number of carbonyl (C=O) groups excluding carboxylic acids is 3. The minimum atomic E-state index is -1.16. The van der Waals surface area contributed by atoms with Gasteiger partial charge in [0.1, 0.15) is 11.3 Å². The molecule has 2 aromatic rings. The van der Waals surface area contributed by atoms with E-state index in [1.165, 1.54) is 11.1 Å². The van der Waals surface area contributed by atoms with Gasteiger partial charge in [-0.2, -0.15) is 0 Å². The molecular formula is C23H24N2O4. The van der Waals surface area contributed by atoms with E-state index < -0.39 is 17.5 Å². The molecular weight excluding hydrogens is 368 g/mol. The minimum Gasteiger partial charge on any atom is -0.494 e. The lowest BCUT2D eigenvalue weighted by Crippen LogP contribution is -2.41. The first-order valence-corrected chi connectivity index (χ1v) is 9.95. The number of imide groups is 1. The molecule has 1 heterocycles. The molecule has 29 heavy (non-hydrogen) atoms. The minimum absolute atomic E-state index is 0.292. The van der Waals surface area contributed by atoms with Gasteiger partial charge in [0.15, 0.2) is 5.78 Å². The normalized spacial score (nSPS) is 20.6. The van der Waals surface area contributed by atoms with Crippen LogP contribution in [-0.4, -0.2) is 35.8 Å². The highest BCUT2D eigenvalue weighted by Crippen LogP contribution is 2.32. The number of hydrogen-bond acceptors (Lipinski definition) is 4. The van der Waals surface area contributed by atoms with Crippen LogP contribution in [0.2, 0.25) is 0 Å². The molecule has 0 aromatic heterocycles. The van der Waals surface area contributed by atoms with E-state index in [2.05, 4.69) is 5.32 Å². The van der Waals surface area contributed by atoms with Crippen molar-refractivity contribution < 1.29 is 19.1 Å². The van der Waals surface area contributed by atoms with Gasteiger partial charge in [0.25, 0.3) is 5.91 Å². The van der Waals surface area contributed by atoms with Crippen molar-refractivity contribution in [3.05, 3.63) is 64.7 Å². The molecule has 150 valence electrons. The van der Waals surface area contributed by atoms with Crippen LogP contribution in [0.25, 0.3) is 0 Å². The number of hydrogen-bond donors (Lipinski definition) is 1. The van der Waals surface area contributed by atoms with Crippen molar-refractivity contribution in [2.45, 2.75) is 38.6 Å². The number of Topliss-reactive ketones (excluding diaryl/α,β-unsaturated/α-hetero) is 1. The summed E-state index contributed by atoms with van der Waals surface area (Å²) in [5, 5.41) is 2.79. The van der Waals surface area contributed by atoms with E-state index in [1.54, 1.807) is 31.2 Å². The Kier molecular flexibility index (Phi) is 4.86. The van der Waals surface area contributed by atoms with Crippen LogP contribution in [0.1, 0.15) is 47.3 Å². The highest BCUT2D eigenvalue weighted by molar-refractivity contribution is 6.11. The predicted molar refractivity (Wildman–Crippen MR) is 108 cm³/mol. The smallest absolute Gasteiger partial charge is 0.325 e. The van der Waals surface area contributed by atoms with Crippen LogP contribution in [-0.2, 0) is 23.2 Å². The molecule has 0 spiro atoms. The lowest BCUT2D eigenvalue weighted by molar-refractivity contribution is -0.130. The van der Waals surface area contributed by atoms with Crippen molar-refractivity contribution in [3.8, 4) is 5.75 Å². The number of benzene rings is 2. The molecule has 1 saturated heterocycles. The standard InChI is InChI=1S/C23H24N2O4/c1-3-29-19-11-8-16(9-12-19)20(26)14-25-21(27)23(2,24-22(25)28)18-10-7-15-5-4-6-17(15)13-18/h7-13H,3-6,14H2,1-2H3,(H,24,28)/t23-/m0/s1. The van der Waals surface area contributed by atoms with E-state index in [-0.39, 0.29) is 12.3 Å². The van der Waals surface area contributed by atoms with Gasteiger partial charge in [-0.3, -0.25) is 14.5 Å². The van der Waals surface area contributed by atoms with E-state index in [0.29, 0.717) is 17.9 Å². The Bertz CT molecular complexity index is 983. The fourth-order valence-electron chi connectivity index (χ4n) is 4.06. The summed E-state index contributed by atoms with van der Waals surface area (Å²) in [5.41, 5.74) is 2.56. The van der Waals surface area contributed by atoms with Gasteiger partial charge in [-0.15, -0.1) is 0 Å². The summed E-state index contributed by atoms with van der Waals surface area (Å²) in [5.74, 6) is -0.0299. The SMILES string of the molecule is CCOc1ccc(C(=O)CN2C(=O)N[C@@](C)(c3ccc4c(c3)CCC4)C2=O)cc1. The first kappa shape index (κ1) is 19.2. The Morgan fingerprint density at radius 2 is 1.83 bits per heavy atom. The third-order valence-electron chi connectivity index (χ3n) is 5.74. The summed E-state index contributed by atoms with van der Waals surface area (Å²) < 4.78 is 5.38. The number of ketones is 1. The molecule has 1 aliphatic heterocycles. The zero-order chi connectivity index (χ0) is 20.6. The van der Waals surface area contributed by atoms with Gasteiger partial charge in [-0.25, -0.2) is 4.79 Å². The van der Waals surface area contributed by atoms with Gasteiger partial charge in [0.05, 0.1) is 13.2 Å². The van der Waals surface area contributed by atoms with Crippen molar-refractivity contribution >= 4 is 17.7 Å². The Hall–Kier alpha value is -3.15. The zero-order valence-electron chi connectivity index (χ0n) is 16.7. The Balaban J connectivity index is 1.52. The maximum Gasteiger partial charge on any atom is 0.325 e. The van der Waals surface area contributed by atoms with E-state index in [4.69, 9.17) is 4.74 Å². The molecule has 4 rings (SSSR count). The lowest BCUT2D eigenvalue weighted by atomic mass is 9.89. The molecule has 1 atom stereocenters. The number of aryl methyl sites for hydroxylation is 2. The second-order valence-electron chi connectivity index (χ2n) is 7.66. The summed E-state index contributed by atoms with van der Waals surface area (Å²) in [4.78, 5) is 39.3. The number of ether oxygens (including phenoxy) is 1. The number of rotatable bonds is 6. The molecule has 0 bridgehead atoms. The van der Waals surface area contributed by atoms with Crippen LogP contribution in [0, 0.1) is 0 Å². The molecule has 0 unspecified atom stereocenters. The molecule has 0 saturated carbocycles. The van der Waals surface area contributed by atoms with Gasteiger partial charge in [0.2, 0.25) is 0 Å². The second-order valence-corrected chi connectivity index (χ2v) is 7.66. The molecule has 1 fully saturated rings. The third kappa shape index (κ3) is 3.39. The number of nitrogens with one attached hydrogen (secondary N) is 1. The first-order chi connectivity index (χ1) is 13.9. The average molecular weight is 392 g/mol. The molecule has 3 amide bonds. The van der Waals surface area contributed by atoms with Crippen LogP contribution >= 0.6 is 0 Å². The monoisotopic (exact) mass is 392 g/mol. The molecule has 1 N–H and O–H groups in total. The largest absolute Gasteiger partial charge is 0.494 e. The average Bonchev–Trinajstić information content (AvgIpc) is 3.27. The van der Waals surface area contributed by atoms with Crippen molar-refractivity contribution in [2.75, 3.05) is 13.2 Å². The quantitative estimate of drug-likeness (QED) is 0.605. The second kappa shape index (κ2) is 7.35. The van der Waals surface area contributed by atoms with Gasteiger partial charge in [-0.05, 0) is 74.1 Å². The van der Waals surface area contributed by atoms with Crippen molar-refractivity contribution in [2.24, 2.45) is 0 Å². The summed E-state index contributed by atoms with van der Waals surface area (Å²) in [7, 11) is 0. The van der Waals surface area contributed by atoms with Crippen molar-refractivity contribution in [1.82, 2.24) is 10.2 Å². The molecule has 2 aromatic carbocycles. The number of nitrogens with zero attached hydrogens (tertiary/aromatic N) is 1. The Morgan fingerprint density at radius 3 is 2.55 bits per heavy atom. The van der Waals surface area contributed by atoms with Crippen LogP contribution < -0.4 is 10.1 Å². The Morgan fingerprint density at radius 1 is 1.10 bits per heavy atom. The van der Waals surface area contributed by atoms with Crippen LogP contribution in [0.5, 0.6) is 5.75 Å². The molecule has 6 nitrogen and oxygen atoms in total. The number of fused-ring (bicyclic) bond motifs is 1. The highest BCUT2D eigenvalue weighted by Gasteiger charge is 2.49. The van der Waals surface area contributed by atoms with Gasteiger partial charge >= 0.3 is 6.03 Å². The van der Waals surface area contributed by atoms with Gasteiger partial charge in [-0.1, -0.05) is 18.2 Å². The first-order valence-electron chi connectivity index (χ1n) is 9.95. The summed E-state index contributed by atoms with van der Waals surface area (Å²) >= 11 is 0. The van der Waals surface area contributed by atoms with E-state index >= 15 is 0 Å². The summed E-state index contributed by atoms with van der Waals surface area (Å²) in [6.45, 7) is 3.83. The summed E-state index contributed by atoms with van der Waals surface area (Å²) in [6.07, 6.45) is 3.15.